The van der Waals surface area contributed by atoms with Crippen LogP contribution in [0.5, 0.6) is 0 Å². The summed E-state index contributed by atoms with van der Waals surface area (Å²) < 4.78 is 0. The van der Waals surface area contributed by atoms with E-state index in [2.05, 4.69) is 44.1 Å². The molecule has 0 saturated carbocycles. The highest BCUT2D eigenvalue weighted by Gasteiger charge is 2.46. The van der Waals surface area contributed by atoms with Crippen molar-refractivity contribution in [2.24, 2.45) is 5.41 Å². The summed E-state index contributed by atoms with van der Waals surface area (Å²) in [7, 11) is 0. The molecule has 1 aliphatic heterocycles. The summed E-state index contributed by atoms with van der Waals surface area (Å²) in [4.78, 5) is 15.1. The molecule has 1 saturated heterocycles. The van der Waals surface area contributed by atoms with Crippen LogP contribution in [0.25, 0.3) is 0 Å². The van der Waals surface area contributed by atoms with Gasteiger partial charge in [-0.3, -0.25) is 4.79 Å². The van der Waals surface area contributed by atoms with Gasteiger partial charge >= 0.3 is 0 Å². The normalized spacial score (nSPS) is 25.0. The first-order valence-electron chi connectivity index (χ1n) is 8.29. The van der Waals surface area contributed by atoms with E-state index in [0.29, 0.717) is 0 Å². The molecule has 0 spiro atoms. The van der Waals surface area contributed by atoms with E-state index in [1.54, 1.807) is 12.2 Å². The zero-order valence-corrected chi connectivity index (χ0v) is 14.3. The minimum absolute atomic E-state index is 0.101. The number of hydrogen-bond donors (Lipinski definition) is 1. The van der Waals surface area contributed by atoms with E-state index in [0.717, 1.165) is 50.2 Å². The fourth-order valence-corrected chi connectivity index (χ4v) is 3.18. The van der Waals surface area contributed by atoms with Crippen molar-refractivity contribution in [1.82, 2.24) is 10.2 Å². The van der Waals surface area contributed by atoms with Crippen molar-refractivity contribution in [1.29, 1.82) is 0 Å². The third-order valence-corrected chi connectivity index (χ3v) is 4.50. The van der Waals surface area contributed by atoms with Gasteiger partial charge in [-0.05, 0) is 50.5 Å². The molecule has 0 aromatic heterocycles. The fraction of sp³-hybridized carbons (Fsp3) is 0.526. The Bertz CT molecular complexity index is 476. The van der Waals surface area contributed by atoms with Crippen LogP contribution in [0.4, 0.5) is 0 Å². The molecule has 1 unspecified atom stereocenters. The Kier molecular flexibility index (Phi) is 7.33. The lowest BCUT2D eigenvalue weighted by Crippen LogP contribution is -2.36. The van der Waals surface area contributed by atoms with Crippen LogP contribution < -0.4 is 5.32 Å². The first kappa shape index (κ1) is 18.4. The average molecular weight is 302 g/mol. The second kappa shape index (κ2) is 8.74. The second-order valence-corrected chi connectivity index (χ2v) is 5.71. The molecule has 1 amide bonds. The summed E-state index contributed by atoms with van der Waals surface area (Å²) in [6.45, 7) is 17.0. The molecule has 0 aromatic carbocycles. The third kappa shape index (κ3) is 3.77. The molecule has 122 valence electrons. The van der Waals surface area contributed by atoms with Gasteiger partial charge in [0.2, 0.25) is 5.91 Å². The summed E-state index contributed by atoms with van der Waals surface area (Å²) in [5, 5.41) is 3.02. The number of carbonyl (C=O) groups excluding carboxylic acids is 1. The Morgan fingerprint density at radius 2 is 1.82 bits per heavy atom. The quantitative estimate of drug-likeness (QED) is 0.702. The highest BCUT2D eigenvalue weighted by Crippen LogP contribution is 2.44. The highest BCUT2D eigenvalue weighted by atomic mass is 16.2. The molecule has 1 atom stereocenters. The van der Waals surface area contributed by atoms with Crippen molar-refractivity contribution in [3.05, 3.63) is 48.7 Å². The van der Waals surface area contributed by atoms with E-state index >= 15 is 0 Å². The maximum Gasteiger partial charge on any atom is 0.235 e. The Labute approximate surface area is 135 Å². The molecule has 22 heavy (non-hydrogen) atoms. The summed E-state index contributed by atoms with van der Waals surface area (Å²) in [5.74, 6) is 0.101. The zero-order valence-electron chi connectivity index (χ0n) is 14.3. The van der Waals surface area contributed by atoms with Gasteiger partial charge in [-0.1, -0.05) is 52.2 Å². The Balaban J connectivity index is 3.09. The number of amides is 1. The molecule has 3 nitrogen and oxygen atoms in total. The molecule has 1 rings (SSSR count). The molecule has 1 fully saturated rings. The second-order valence-electron chi connectivity index (χ2n) is 5.71. The zero-order chi connectivity index (χ0) is 16.6. The van der Waals surface area contributed by atoms with E-state index in [9.17, 15) is 4.79 Å². The number of carbonyl (C=O) groups is 1. The maximum atomic E-state index is 12.7. The summed E-state index contributed by atoms with van der Waals surface area (Å²) in [5.41, 5.74) is 1.45. The number of hydrogen-bond acceptors (Lipinski definition) is 2. The summed E-state index contributed by atoms with van der Waals surface area (Å²) >= 11 is 0. The molecule has 1 heterocycles. The first-order valence-corrected chi connectivity index (χ1v) is 8.29. The minimum Gasteiger partial charge on any atom is -0.325 e. The van der Waals surface area contributed by atoms with E-state index in [1.807, 2.05) is 12.2 Å². The van der Waals surface area contributed by atoms with Crippen LogP contribution in [0.3, 0.4) is 0 Å². The standard InChI is InChI=1S/C19H30N2O/c1-6-11-16-17(12-7-2)20-18(22)19(16,9-4)13-15-21(10-5)14-8-3/h6-7,11-12H,1-2,8-10,13-15H2,3-5H3,(H,20,22)/b16-11+,17-12+. The maximum absolute atomic E-state index is 12.7. The lowest BCUT2D eigenvalue weighted by Gasteiger charge is -2.30. The van der Waals surface area contributed by atoms with Crippen LogP contribution in [-0.2, 0) is 4.79 Å². The van der Waals surface area contributed by atoms with Gasteiger partial charge in [0.1, 0.15) is 0 Å². The lowest BCUT2D eigenvalue weighted by molar-refractivity contribution is -0.127. The van der Waals surface area contributed by atoms with Gasteiger partial charge in [-0.15, -0.1) is 0 Å². The van der Waals surface area contributed by atoms with Crippen molar-refractivity contribution in [2.45, 2.75) is 40.0 Å². The predicted octanol–water partition coefficient (Wildman–Crippen LogP) is 3.82. The Morgan fingerprint density at radius 1 is 1.14 bits per heavy atom. The van der Waals surface area contributed by atoms with E-state index in [1.165, 1.54) is 0 Å². The van der Waals surface area contributed by atoms with Crippen molar-refractivity contribution in [3.63, 3.8) is 0 Å². The number of nitrogens with one attached hydrogen (secondary N) is 1. The predicted molar refractivity (Wildman–Crippen MR) is 94.4 cm³/mol. The summed E-state index contributed by atoms with van der Waals surface area (Å²) in [6.07, 6.45) is 10.1. The van der Waals surface area contributed by atoms with Crippen LogP contribution >= 0.6 is 0 Å². The van der Waals surface area contributed by atoms with Gasteiger partial charge in [0.05, 0.1) is 5.41 Å². The highest BCUT2D eigenvalue weighted by molar-refractivity contribution is 5.94. The topological polar surface area (TPSA) is 32.3 Å². The molecule has 3 heteroatoms. The van der Waals surface area contributed by atoms with Crippen molar-refractivity contribution < 1.29 is 4.79 Å². The molecule has 1 N–H and O–H groups in total. The largest absolute Gasteiger partial charge is 0.325 e. The van der Waals surface area contributed by atoms with E-state index in [-0.39, 0.29) is 5.91 Å². The fourth-order valence-electron chi connectivity index (χ4n) is 3.18. The molecular formula is C19H30N2O. The van der Waals surface area contributed by atoms with Gasteiger partial charge in [-0.2, -0.15) is 0 Å². The van der Waals surface area contributed by atoms with Gasteiger partial charge in [0.25, 0.3) is 0 Å². The number of nitrogens with zero attached hydrogens (tertiary/aromatic N) is 1. The van der Waals surface area contributed by atoms with Gasteiger partial charge < -0.3 is 10.2 Å². The van der Waals surface area contributed by atoms with Crippen molar-refractivity contribution in [3.8, 4) is 0 Å². The first-order chi connectivity index (χ1) is 10.6. The molecule has 1 aliphatic rings. The molecule has 0 bridgehead atoms. The number of rotatable bonds is 9. The molecule has 0 aliphatic carbocycles. The van der Waals surface area contributed by atoms with E-state index in [4.69, 9.17) is 0 Å². The van der Waals surface area contributed by atoms with Crippen LogP contribution in [0, 0.1) is 5.41 Å². The lowest BCUT2D eigenvalue weighted by atomic mass is 9.75. The van der Waals surface area contributed by atoms with Crippen molar-refractivity contribution in [2.75, 3.05) is 19.6 Å². The average Bonchev–Trinajstić information content (AvgIpc) is 2.77. The summed E-state index contributed by atoms with van der Waals surface area (Å²) in [6, 6.07) is 0. The van der Waals surface area contributed by atoms with Crippen LogP contribution in [0.1, 0.15) is 40.0 Å². The van der Waals surface area contributed by atoms with Gasteiger partial charge in [-0.25, -0.2) is 0 Å². The van der Waals surface area contributed by atoms with Crippen LogP contribution in [-0.4, -0.2) is 30.4 Å². The SMILES string of the molecule is C=C/C=C1\C(=C/C=C)NC(=O)C1(CC)CCN(CC)CCC. The smallest absolute Gasteiger partial charge is 0.235 e. The third-order valence-electron chi connectivity index (χ3n) is 4.50. The monoisotopic (exact) mass is 302 g/mol. The van der Waals surface area contributed by atoms with Crippen LogP contribution in [0.15, 0.2) is 48.7 Å². The Morgan fingerprint density at radius 3 is 2.32 bits per heavy atom. The van der Waals surface area contributed by atoms with Gasteiger partial charge in [0, 0.05) is 5.70 Å². The van der Waals surface area contributed by atoms with Crippen molar-refractivity contribution >= 4 is 5.91 Å². The van der Waals surface area contributed by atoms with Crippen LogP contribution in [0.2, 0.25) is 0 Å². The number of allylic oxidation sites excluding steroid dienone is 5. The van der Waals surface area contributed by atoms with E-state index < -0.39 is 5.41 Å². The molecular weight excluding hydrogens is 272 g/mol. The molecule has 0 aromatic rings. The Hall–Kier alpha value is -1.61. The molecule has 0 radical (unpaired) electrons. The minimum atomic E-state index is -0.454. The van der Waals surface area contributed by atoms with Gasteiger partial charge in [0.15, 0.2) is 0 Å².